The molecule has 0 atom stereocenters. The van der Waals surface area contributed by atoms with Crippen LogP contribution in [0.2, 0.25) is 0 Å². The lowest BCUT2D eigenvalue weighted by atomic mass is 10.3. The molecule has 1 rings (SSSR count). The molecule has 0 saturated heterocycles. The predicted octanol–water partition coefficient (Wildman–Crippen LogP) is 3.49. The van der Waals surface area contributed by atoms with Crippen LogP contribution in [-0.4, -0.2) is 22.3 Å². The van der Waals surface area contributed by atoms with Crippen LogP contribution in [0, 0.1) is 0 Å². The van der Waals surface area contributed by atoms with Gasteiger partial charge in [-0.15, -0.1) is 0 Å². The zero-order valence-corrected chi connectivity index (χ0v) is 12.4. The van der Waals surface area contributed by atoms with Gasteiger partial charge in [-0.05, 0) is 35.0 Å². The zero-order valence-electron chi connectivity index (χ0n) is 10.0. The maximum absolute atomic E-state index is 4.55. The van der Waals surface area contributed by atoms with Gasteiger partial charge in [0, 0.05) is 6.54 Å². The fourth-order valence-electron chi connectivity index (χ4n) is 1.32. The molecular formula is C11H18BrN3S. The summed E-state index contributed by atoms with van der Waals surface area (Å²) in [6.45, 7) is 7.20. The van der Waals surface area contributed by atoms with Crippen molar-refractivity contribution in [2.75, 3.05) is 17.6 Å². The minimum absolute atomic E-state index is 0.874. The summed E-state index contributed by atoms with van der Waals surface area (Å²) in [7, 11) is 0. The SMILES string of the molecule is CCNc1nc(CSCC)nc(CC)c1Br. The van der Waals surface area contributed by atoms with E-state index in [1.807, 2.05) is 11.8 Å². The first-order chi connectivity index (χ1) is 7.72. The van der Waals surface area contributed by atoms with Gasteiger partial charge < -0.3 is 5.32 Å². The summed E-state index contributed by atoms with van der Waals surface area (Å²) in [5.41, 5.74) is 1.08. The molecule has 0 aliphatic carbocycles. The lowest BCUT2D eigenvalue weighted by Crippen LogP contribution is -2.07. The molecule has 90 valence electrons. The molecular weight excluding hydrogens is 286 g/mol. The normalized spacial score (nSPS) is 10.5. The summed E-state index contributed by atoms with van der Waals surface area (Å²) in [6, 6.07) is 0. The van der Waals surface area contributed by atoms with Gasteiger partial charge >= 0.3 is 0 Å². The highest BCUT2D eigenvalue weighted by molar-refractivity contribution is 9.10. The van der Waals surface area contributed by atoms with Crippen molar-refractivity contribution in [1.82, 2.24) is 9.97 Å². The maximum atomic E-state index is 4.55. The zero-order chi connectivity index (χ0) is 12.0. The molecule has 0 radical (unpaired) electrons. The fourth-order valence-corrected chi connectivity index (χ4v) is 2.44. The van der Waals surface area contributed by atoms with E-state index in [9.17, 15) is 0 Å². The van der Waals surface area contributed by atoms with E-state index < -0.39 is 0 Å². The first-order valence-electron chi connectivity index (χ1n) is 5.59. The number of thioether (sulfide) groups is 1. The number of rotatable bonds is 6. The van der Waals surface area contributed by atoms with Gasteiger partial charge in [-0.2, -0.15) is 11.8 Å². The second-order valence-electron chi connectivity index (χ2n) is 3.27. The Bertz CT molecular complexity index is 344. The Balaban J connectivity index is 2.97. The lowest BCUT2D eigenvalue weighted by molar-refractivity contribution is 0.924. The number of hydrogen-bond donors (Lipinski definition) is 1. The summed E-state index contributed by atoms with van der Waals surface area (Å²) in [5, 5.41) is 3.26. The third-order valence-electron chi connectivity index (χ3n) is 2.08. The number of hydrogen-bond acceptors (Lipinski definition) is 4. The van der Waals surface area contributed by atoms with Gasteiger partial charge in [-0.25, -0.2) is 9.97 Å². The van der Waals surface area contributed by atoms with Crippen molar-refractivity contribution in [2.24, 2.45) is 0 Å². The average Bonchev–Trinajstić information content (AvgIpc) is 2.30. The first-order valence-corrected chi connectivity index (χ1v) is 7.54. The van der Waals surface area contributed by atoms with Crippen LogP contribution in [0.3, 0.4) is 0 Å². The van der Waals surface area contributed by atoms with Gasteiger partial charge in [0.05, 0.1) is 15.9 Å². The predicted molar refractivity (Wildman–Crippen MR) is 75.1 cm³/mol. The van der Waals surface area contributed by atoms with Gasteiger partial charge in [0.1, 0.15) is 11.6 Å². The summed E-state index contributed by atoms with van der Waals surface area (Å²) in [5.74, 6) is 3.82. The maximum Gasteiger partial charge on any atom is 0.144 e. The highest BCUT2D eigenvalue weighted by atomic mass is 79.9. The molecule has 0 unspecified atom stereocenters. The molecule has 0 spiro atoms. The highest BCUT2D eigenvalue weighted by Crippen LogP contribution is 2.25. The van der Waals surface area contributed by atoms with Crippen molar-refractivity contribution in [2.45, 2.75) is 32.9 Å². The van der Waals surface area contributed by atoms with Crippen molar-refractivity contribution in [3.8, 4) is 0 Å². The topological polar surface area (TPSA) is 37.8 Å². The Hall–Kier alpha value is -0.290. The van der Waals surface area contributed by atoms with Crippen LogP contribution in [0.5, 0.6) is 0 Å². The number of anilines is 1. The Morgan fingerprint density at radius 1 is 1.25 bits per heavy atom. The minimum Gasteiger partial charge on any atom is -0.369 e. The Labute approximate surface area is 110 Å². The van der Waals surface area contributed by atoms with Crippen molar-refractivity contribution in [3.05, 3.63) is 16.0 Å². The molecule has 5 heteroatoms. The van der Waals surface area contributed by atoms with E-state index in [1.165, 1.54) is 0 Å². The van der Waals surface area contributed by atoms with Crippen molar-refractivity contribution >= 4 is 33.5 Å². The number of halogens is 1. The Morgan fingerprint density at radius 2 is 2.00 bits per heavy atom. The third kappa shape index (κ3) is 3.63. The summed E-state index contributed by atoms with van der Waals surface area (Å²) in [4.78, 5) is 9.07. The fraction of sp³-hybridized carbons (Fsp3) is 0.636. The van der Waals surface area contributed by atoms with Crippen molar-refractivity contribution in [3.63, 3.8) is 0 Å². The second kappa shape index (κ2) is 7.12. The van der Waals surface area contributed by atoms with Crippen LogP contribution in [0.25, 0.3) is 0 Å². The monoisotopic (exact) mass is 303 g/mol. The van der Waals surface area contributed by atoms with Crippen LogP contribution >= 0.6 is 27.7 Å². The third-order valence-corrected chi connectivity index (χ3v) is 3.78. The lowest BCUT2D eigenvalue weighted by Gasteiger charge is -2.10. The number of nitrogens with one attached hydrogen (secondary N) is 1. The van der Waals surface area contributed by atoms with Crippen molar-refractivity contribution < 1.29 is 0 Å². The quantitative estimate of drug-likeness (QED) is 0.873. The largest absolute Gasteiger partial charge is 0.369 e. The molecule has 16 heavy (non-hydrogen) atoms. The number of nitrogens with zero attached hydrogens (tertiary/aromatic N) is 2. The van der Waals surface area contributed by atoms with E-state index in [1.54, 1.807) is 0 Å². The van der Waals surface area contributed by atoms with Crippen molar-refractivity contribution in [1.29, 1.82) is 0 Å². The smallest absolute Gasteiger partial charge is 0.144 e. The molecule has 1 heterocycles. The molecule has 0 fully saturated rings. The van der Waals surface area contributed by atoms with Gasteiger partial charge in [0.25, 0.3) is 0 Å². The van der Waals surface area contributed by atoms with E-state index in [2.05, 4.69) is 52.0 Å². The molecule has 0 bridgehead atoms. The van der Waals surface area contributed by atoms with Crippen LogP contribution in [0.4, 0.5) is 5.82 Å². The molecule has 1 aromatic rings. The second-order valence-corrected chi connectivity index (χ2v) is 5.34. The molecule has 1 aromatic heterocycles. The van der Waals surface area contributed by atoms with E-state index in [0.29, 0.717) is 0 Å². The van der Waals surface area contributed by atoms with E-state index in [0.717, 1.165) is 46.3 Å². The van der Waals surface area contributed by atoms with Gasteiger partial charge in [0.2, 0.25) is 0 Å². The molecule has 3 nitrogen and oxygen atoms in total. The van der Waals surface area contributed by atoms with E-state index in [-0.39, 0.29) is 0 Å². The summed E-state index contributed by atoms with van der Waals surface area (Å²) in [6.07, 6.45) is 0.922. The van der Waals surface area contributed by atoms with Crippen LogP contribution < -0.4 is 5.32 Å². The molecule has 0 saturated carbocycles. The number of aromatic nitrogens is 2. The summed E-state index contributed by atoms with van der Waals surface area (Å²) >= 11 is 5.40. The first kappa shape index (κ1) is 13.8. The van der Waals surface area contributed by atoms with Gasteiger partial charge in [-0.1, -0.05) is 13.8 Å². The molecule has 0 aromatic carbocycles. The van der Waals surface area contributed by atoms with Crippen LogP contribution in [0.1, 0.15) is 32.3 Å². The standard InChI is InChI=1S/C11H18BrN3S/c1-4-8-10(12)11(13-5-2)15-9(14-8)7-16-6-3/h4-7H2,1-3H3,(H,13,14,15). The highest BCUT2D eigenvalue weighted by Gasteiger charge is 2.10. The molecule has 0 aliphatic rings. The average molecular weight is 304 g/mol. The number of aryl methyl sites for hydroxylation is 1. The van der Waals surface area contributed by atoms with Crippen LogP contribution in [0.15, 0.2) is 4.47 Å². The van der Waals surface area contributed by atoms with Gasteiger partial charge in [-0.3, -0.25) is 0 Å². The Kier molecular flexibility index (Phi) is 6.13. The van der Waals surface area contributed by atoms with Gasteiger partial charge in [0.15, 0.2) is 0 Å². The van der Waals surface area contributed by atoms with E-state index in [4.69, 9.17) is 0 Å². The van der Waals surface area contributed by atoms with E-state index >= 15 is 0 Å². The molecule has 1 N–H and O–H groups in total. The summed E-state index contributed by atoms with van der Waals surface area (Å²) < 4.78 is 1.00. The Morgan fingerprint density at radius 3 is 2.56 bits per heavy atom. The minimum atomic E-state index is 0.874. The molecule has 0 aliphatic heterocycles. The van der Waals surface area contributed by atoms with Crippen LogP contribution in [-0.2, 0) is 12.2 Å². The molecule has 0 amide bonds.